The number of aromatic hydroxyl groups is 1. The number of allylic oxidation sites excluding steroid dienone is 2. The van der Waals surface area contributed by atoms with Crippen molar-refractivity contribution in [2.24, 2.45) is 23.7 Å². The third kappa shape index (κ3) is 7.26. The van der Waals surface area contributed by atoms with Crippen molar-refractivity contribution in [1.29, 1.82) is 0 Å². The van der Waals surface area contributed by atoms with Gasteiger partial charge in [0.05, 0.1) is 0 Å². The molecule has 0 spiro atoms. The topological polar surface area (TPSA) is 102 Å². The number of aliphatic hydroxyl groups is 1. The summed E-state index contributed by atoms with van der Waals surface area (Å²) in [5, 5.41) is 23.4. The van der Waals surface area contributed by atoms with Gasteiger partial charge in [0.25, 0.3) is 0 Å². The zero-order valence-corrected chi connectivity index (χ0v) is 25.8. The van der Waals surface area contributed by atoms with Gasteiger partial charge >= 0.3 is 6.09 Å². The molecular weight excluding hydrogens is 518 g/mol. The average Bonchev–Trinajstić information content (AvgIpc) is 2.88. The van der Waals surface area contributed by atoms with E-state index in [1.165, 1.54) is 0 Å². The minimum atomic E-state index is -0.683. The van der Waals surface area contributed by atoms with Crippen molar-refractivity contribution in [2.45, 2.75) is 84.4 Å². The van der Waals surface area contributed by atoms with Crippen LogP contribution in [0.2, 0.25) is 0 Å². The lowest BCUT2D eigenvalue weighted by atomic mass is 9.68. The first-order valence-electron chi connectivity index (χ1n) is 15.1. The van der Waals surface area contributed by atoms with E-state index >= 15 is 0 Å². The third-order valence-electron chi connectivity index (χ3n) is 9.32. The van der Waals surface area contributed by atoms with E-state index in [0.717, 1.165) is 31.6 Å². The molecule has 2 aliphatic heterocycles. The maximum Gasteiger partial charge on any atom is 0.410 e. The van der Waals surface area contributed by atoms with Crippen LogP contribution < -0.4 is 5.32 Å². The molecule has 8 nitrogen and oxygen atoms in total. The van der Waals surface area contributed by atoms with Crippen molar-refractivity contribution in [3.8, 4) is 5.75 Å². The van der Waals surface area contributed by atoms with Gasteiger partial charge in [0.1, 0.15) is 23.2 Å². The highest BCUT2D eigenvalue weighted by molar-refractivity contribution is 5.86. The molecule has 3 aliphatic rings. The van der Waals surface area contributed by atoms with E-state index in [4.69, 9.17) is 4.74 Å². The van der Waals surface area contributed by atoms with E-state index in [-0.39, 0.29) is 40.9 Å². The summed E-state index contributed by atoms with van der Waals surface area (Å²) in [5.74, 6) is 0.899. The van der Waals surface area contributed by atoms with Crippen molar-refractivity contribution in [3.63, 3.8) is 0 Å². The molecule has 4 unspecified atom stereocenters. The Labute approximate surface area is 245 Å². The van der Waals surface area contributed by atoms with E-state index in [9.17, 15) is 19.8 Å². The number of piperidine rings is 2. The van der Waals surface area contributed by atoms with Gasteiger partial charge in [-0.25, -0.2) is 4.79 Å². The summed E-state index contributed by atoms with van der Waals surface area (Å²) >= 11 is 0. The molecular formula is C33H49N3O5. The molecule has 41 heavy (non-hydrogen) atoms. The highest BCUT2D eigenvalue weighted by Gasteiger charge is 2.43. The van der Waals surface area contributed by atoms with Gasteiger partial charge in [-0.15, -0.1) is 0 Å². The number of hydrogen-bond donors (Lipinski definition) is 3. The van der Waals surface area contributed by atoms with Crippen LogP contribution in [-0.2, 0) is 14.9 Å². The largest absolute Gasteiger partial charge is 0.508 e. The fourth-order valence-electron chi connectivity index (χ4n) is 6.47. The van der Waals surface area contributed by atoms with Crippen LogP contribution in [0.15, 0.2) is 48.3 Å². The lowest BCUT2D eigenvalue weighted by molar-refractivity contribution is -0.130. The molecule has 2 amide bonds. The Kier molecular flexibility index (Phi) is 9.12. The molecule has 8 heteroatoms. The quantitative estimate of drug-likeness (QED) is 0.426. The number of fused-ring (bicyclic) bond motifs is 1. The molecule has 3 N–H and O–H groups in total. The first kappa shape index (κ1) is 30.9. The Morgan fingerprint density at radius 2 is 1.90 bits per heavy atom. The summed E-state index contributed by atoms with van der Waals surface area (Å²) in [6, 6.07) is 6.88. The van der Waals surface area contributed by atoms with E-state index in [1.54, 1.807) is 23.1 Å². The van der Waals surface area contributed by atoms with Gasteiger partial charge < -0.3 is 25.2 Å². The number of aliphatic hydroxyl groups excluding tert-OH is 1. The first-order chi connectivity index (χ1) is 19.2. The van der Waals surface area contributed by atoms with Crippen LogP contribution in [0.3, 0.4) is 0 Å². The van der Waals surface area contributed by atoms with Crippen molar-refractivity contribution >= 4 is 12.0 Å². The van der Waals surface area contributed by atoms with E-state index in [2.05, 4.69) is 44.0 Å². The molecule has 2 heterocycles. The summed E-state index contributed by atoms with van der Waals surface area (Å²) in [7, 11) is 0. The first-order valence-corrected chi connectivity index (χ1v) is 15.1. The Morgan fingerprint density at radius 3 is 2.54 bits per heavy atom. The minimum Gasteiger partial charge on any atom is -0.508 e. The van der Waals surface area contributed by atoms with Gasteiger partial charge in [-0.05, 0) is 93.2 Å². The summed E-state index contributed by atoms with van der Waals surface area (Å²) < 4.78 is 5.70. The molecule has 1 aromatic rings. The number of carbonyl (C=O) groups excluding carboxylic acids is 2. The zero-order valence-electron chi connectivity index (χ0n) is 25.8. The molecule has 6 atom stereocenters. The number of nitrogens with zero attached hydrogens (tertiary/aromatic N) is 2. The number of phenols is 1. The highest BCUT2D eigenvalue weighted by Crippen LogP contribution is 2.40. The molecule has 226 valence electrons. The molecule has 0 bridgehead atoms. The van der Waals surface area contributed by atoms with Gasteiger partial charge in [-0.1, -0.05) is 45.9 Å². The molecule has 2 saturated heterocycles. The number of phenolic OH excluding ortho intramolecular Hbond substituents is 1. The molecule has 1 aliphatic carbocycles. The Bertz CT molecular complexity index is 1170. The average molecular weight is 568 g/mol. The molecule has 4 rings (SSSR count). The van der Waals surface area contributed by atoms with Gasteiger partial charge in [-0.3, -0.25) is 9.69 Å². The second-order valence-electron chi connectivity index (χ2n) is 13.9. The maximum atomic E-state index is 13.9. The molecule has 2 fully saturated rings. The number of nitrogens with one attached hydrogen (secondary N) is 1. The molecule has 0 radical (unpaired) electrons. The van der Waals surface area contributed by atoms with Crippen molar-refractivity contribution in [2.75, 3.05) is 26.2 Å². The highest BCUT2D eigenvalue weighted by atomic mass is 16.6. The van der Waals surface area contributed by atoms with Gasteiger partial charge in [0, 0.05) is 31.6 Å². The van der Waals surface area contributed by atoms with Gasteiger partial charge in [0.2, 0.25) is 5.91 Å². The number of amides is 2. The summed E-state index contributed by atoms with van der Waals surface area (Å²) in [6.07, 6.45) is 6.33. The number of likely N-dealkylation sites (tertiary alicyclic amines) is 2. The number of hydrogen-bond acceptors (Lipinski definition) is 6. The minimum absolute atomic E-state index is 0.0330. The lowest BCUT2D eigenvalue weighted by Crippen LogP contribution is -2.60. The molecule has 0 aromatic heterocycles. The fraction of sp³-hybridized carbons (Fsp3) is 0.636. The van der Waals surface area contributed by atoms with Crippen LogP contribution in [0.1, 0.15) is 66.9 Å². The van der Waals surface area contributed by atoms with Crippen LogP contribution in [0, 0.1) is 23.7 Å². The smallest absolute Gasteiger partial charge is 0.410 e. The second kappa shape index (κ2) is 12.1. The van der Waals surface area contributed by atoms with E-state index in [0.29, 0.717) is 24.6 Å². The van der Waals surface area contributed by atoms with E-state index < -0.39 is 17.7 Å². The summed E-state index contributed by atoms with van der Waals surface area (Å²) in [5.41, 5.74) is 0.447. The monoisotopic (exact) mass is 567 g/mol. The lowest BCUT2D eigenvalue weighted by Gasteiger charge is -2.46. The number of benzene rings is 1. The molecule has 1 aromatic carbocycles. The van der Waals surface area contributed by atoms with Crippen molar-refractivity contribution < 1.29 is 24.5 Å². The van der Waals surface area contributed by atoms with Crippen molar-refractivity contribution in [3.05, 3.63) is 53.8 Å². The van der Waals surface area contributed by atoms with Crippen LogP contribution in [0.5, 0.6) is 5.75 Å². The number of ether oxygens (including phenoxy) is 1. The maximum absolute atomic E-state index is 13.9. The Balaban J connectivity index is 1.45. The van der Waals surface area contributed by atoms with Crippen molar-refractivity contribution in [1.82, 2.24) is 15.1 Å². The predicted molar refractivity (Wildman–Crippen MR) is 161 cm³/mol. The normalized spacial score (nSPS) is 29.5. The zero-order chi connectivity index (χ0) is 30.1. The van der Waals surface area contributed by atoms with Crippen LogP contribution in [-0.4, -0.2) is 75.9 Å². The SMILES string of the molecule is CC(C)[C@@H](CN1CCC(C)(c2cccc(O)c2)C(C)C1)NC(=O)[C@@H]1CC2C=CC(O)=CC2CN1C(=O)OC(C)(C)C. The Morgan fingerprint density at radius 1 is 1.17 bits per heavy atom. The fourth-order valence-corrected chi connectivity index (χ4v) is 6.47. The third-order valence-corrected chi connectivity index (χ3v) is 9.32. The van der Waals surface area contributed by atoms with E-state index in [1.807, 2.05) is 39.0 Å². The second-order valence-corrected chi connectivity index (χ2v) is 13.9. The van der Waals surface area contributed by atoms with Crippen LogP contribution >= 0.6 is 0 Å². The Hall–Kier alpha value is -3.00. The van der Waals surface area contributed by atoms with Gasteiger partial charge in [-0.2, -0.15) is 0 Å². The van der Waals surface area contributed by atoms with Crippen LogP contribution in [0.25, 0.3) is 0 Å². The van der Waals surface area contributed by atoms with Crippen LogP contribution in [0.4, 0.5) is 4.79 Å². The summed E-state index contributed by atoms with van der Waals surface area (Å²) in [6.45, 7) is 17.1. The standard InChI is InChI=1S/C33H49N3O5/c1-21(2)28(20-35-14-13-33(7,22(3)18-35)25-9-8-10-26(37)17-25)34-30(39)29-16-23-11-12-27(38)15-24(23)19-36(29)31(40)41-32(4,5)6/h8-12,15,17,21-24,28-29,37-38H,13-14,16,18-20H2,1-7H3,(H,34,39)/t22?,23?,24?,28-,29+,33?/m1/s1. The predicted octanol–water partition coefficient (Wildman–Crippen LogP) is 5.39. The summed E-state index contributed by atoms with van der Waals surface area (Å²) in [4.78, 5) is 31.1. The number of carbonyl (C=O) groups is 2. The van der Waals surface area contributed by atoms with Gasteiger partial charge in [0.15, 0.2) is 0 Å². The molecule has 0 saturated carbocycles. The number of rotatable bonds is 6.